The van der Waals surface area contributed by atoms with E-state index < -0.39 is 12.1 Å². The number of carbonyl (C=O) groups is 1. The Morgan fingerprint density at radius 1 is 0.969 bits per heavy atom. The molecule has 0 aromatic heterocycles. The Hall–Kier alpha value is -2.31. The molecular weight excluding hydrogens is 442 g/mol. The molecule has 0 saturated carbocycles. The summed E-state index contributed by atoms with van der Waals surface area (Å²) in [6.45, 7) is 5.43. The zero-order chi connectivity index (χ0) is 22.2. The molecule has 3 N–H and O–H groups in total. The Morgan fingerprint density at radius 3 is 2.25 bits per heavy atom. The molecule has 0 spiro atoms. The van der Waals surface area contributed by atoms with Gasteiger partial charge in [0.1, 0.15) is 0 Å². The van der Waals surface area contributed by atoms with Crippen LogP contribution in [0.1, 0.15) is 41.4 Å². The molecule has 32 heavy (non-hydrogen) atoms. The van der Waals surface area contributed by atoms with E-state index in [0.29, 0.717) is 17.4 Å². The van der Waals surface area contributed by atoms with Crippen LogP contribution in [0, 0.1) is 0 Å². The van der Waals surface area contributed by atoms with Gasteiger partial charge in [-0.25, -0.2) is 4.79 Å². The van der Waals surface area contributed by atoms with Gasteiger partial charge < -0.3 is 15.5 Å². The number of aliphatic hydroxyl groups excluding tert-OH is 1. The second-order valence-electron chi connectivity index (χ2n) is 7.76. The van der Waals surface area contributed by atoms with Gasteiger partial charge in [0.15, 0.2) is 0 Å². The summed E-state index contributed by atoms with van der Waals surface area (Å²) in [5, 5.41) is 23.3. The Morgan fingerprint density at radius 2 is 1.62 bits per heavy atom. The molecule has 1 atom stereocenters. The van der Waals surface area contributed by atoms with Gasteiger partial charge >= 0.3 is 5.97 Å². The highest BCUT2D eigenvalue weighted by molar-refractivity contribution is 8.00. The fraction of sp³-hybridized carbons (Fsp3) is 0.269. The van der Waals surface area contributed by atoms with Crippen molar-refractivity contribution in [1.82, 2.24) is 5.32 Å². The zero-order valence-electron chi connectivity index (χ0n) is 18.3. The Bertz CT molecular complexity index is 994. The van der Waals surface area contributed by atoms with Crippen LogP contribution < -0.4 is 5.32 Å². The number of thioether (sulfide) groups is 1. The van der Waals surface area contributed by atoms with Gasteiger partial charge in [0.25, 0.3) is 0 Å². The number of nitrogens with one attached hydrogen (secondary N) is 1. The van der Waals surface area contributed by atoms with E-state index in [1.165, 1.54) is 5.56 Å². The maximum Gasteiger partial charge on any atom is 0.336 e. The Balaban J connectivity index is 0.00000363. The predicted molar refractivity (Wildman–Crippen MR) is 135 cm³/mol. The molecule has 0 saturated heterocycles. The first-order valence-electron chi connectivity index (χ1n) is 10.5. The molecule has 3 aromatic carbocycles. The summed E-state index contributed by atoms with van der Waals surface area (Å²) in [5.74, 6) is -0.894. The standard InChI is InChI=1S/C26H29NO3S.ClH/c1-18(2)31-25-16-22(12-13-23(25)26(29)30)20-10-8-19(9-11-20)14-15-27-17-24(28)21-6-4-3-5-7-21;/h3-13,16,18,24,27-28H,14-15,17H2,1-2H3,(H,29,30);1H/t24-;/m1./s1. The summed E-state index contributed by atoms with van der Waals surface area (Å²) in [4.78, 5) is 12.3. The van der Waals surface area contributed by atoms with Gasteiger partial charge in [0, 0.05) is 16.7 Å². The predicted octanol–water partition coefficient (Wildman–Crippen LogP) is 5.84. The van der Waals surface area contributed by atoms with Gasteiger partial charge in [-0.1, -0.05) is 74.5 Å². The number of halogens is 1. The van der Waals surface area contributed by atoms with Crippen molar-refractivity contribution in [2.75, 3.05) is 13.1 Å². The molecular formula is C26H30ClNO3S. The number of carboxylic acid groups (broad SMARTS) is 1. The molecule has 0 amide bonds. The molecule has 0 aliphatic heterocycles. The molecule has 0 heterocycles. The lowest BCUT2D eigenvalue weighted by Crippen LogP contribution is -2.23. The van der Waals surface area contributed by atoms with Crippen LogP contribution in [0.3, 0.4) is 0 Å². The summed E-state index contributed by atoms with van der Waals surface area (Å²) in [5.41, 5.74) is 4.57. The average Bonchev–Trinajstić information content (AvgIpc) is 2.77. The summed E-state index contributed by atoms with van der Waals surface area (Å²) >= 11 is 1.57. The highest BCUT2D eigenvalue weighted by atomic mass is 35.5. The fourth-order valence-corrected chi connectivity index (χ4v) is 4.34. The Kier molecular flexibility index (Phi) is 10.3. The van der Waals surface area contributed by atoms with E-state index in [9.17, 15) is 15.0 Å². The van der Waals surface area contributed by atoms with Crippen molar-refractivity contribution in [3.8, 4) is 11.1 Å². The summed E-state index contributed by atoms with van der Waals surface area (Å²) < 4.78 is 0. The van der Waals surface area contributed by atoms with Gasteiger partial charge in [-0.15, -0.1) is 24.2 Å². The minimum absolute atomic E-state index is 0. The van der Waals surface area contributed by atoms with Crippen LogP contribution in [0.15, 0.2) is 77.7 Å². The number of rotatable bonds is 10. The molecule has 170 valence electrons. The van der Waals surface area contributed by atoms with Crippen molar-refractivity contribution in [3.05, 3.63) is 89.5 Å². The average molecular weight is 472 g/mol. The van der Waals surface area contributed by atoms with Crippen molar-refractivity contribution in [1.29, 1.82) is 0 Å². The molecule has 0 aliphatic rings. The van der Waals surface area contributed by atoms with Crippen molar-refractivity contribution < 1.29 is 15.0 Å². The minimum Gasteiger partial charge on any atom is -0.478 e. The molecule has 6 heteroatoms. The minimum atomic E-state index is -0.894. The van der Waals surface area contributed by atoms with Crippen molar-refractivity contribution >= 4 is 30.1 Å². The first-order chi connectivity index (χ1) is 14.9. The Labute approximate surface area is 200 Å². The third-order valence-electron chi connectivity index (χ3n) is 4.97. The number of benzene rings is 3. The van der Waals surface area contributed by atoms with Crippen LogP contribution in [0.4, 0.5) is 0 Å². The normalized spacial score (nSPS) is 11.8. The first kappa shape index (κ1) is 25.9. The lowest BCUT2D eigenvalue weighted by Gasteiger charge is -2.13. The monoisotopic (exact) mass is 471 g/mol. The van der Waals surface area contributed by atoms with Gasteiger partial charge in [0.05, 0.1) is 11.7 Å². The molecule has 0 radical (unpaired) electrons. The fourth-order valence-electron chi connectivity index (χ4n) is 3.36. The smallest absolute Gasteiger partial charge is 0.336 e. The van der Waals surface area contributed by atoms with Crippen LogP contribution in [-0.4, -0.2) is 34.5 Å². The molecule has 3 aromatic rings. The van der Waals surface area contributed by atoms with Crippen LogP contribution in [0.25, 0.3) is 11.1 Å². The topological polar surface area (TPSA) is 69.6 Å². The van der Waals surface area contributed by atoms with E-state index in [0.717, 1.165) is 34.6 Å². The van der Waals surface area contributed by atoms with Crippen molar-refractivity contribution in [3.63, 3.8) is 0 Å². The quantitative estimate of drug-likeness (QED) is 0.256. The SMILES string of the molecule is CC(C)Sc1cc(-c2ccc(CCNC[C@@H](O)c3ccccc3)cc2)ccc1C(=O)O.Cl. The van der Waals surface area contributed by atoms with Gasteiger partial charge in [-0.05, 0) is 47.4 Å². The van der Waals surface area contributed by atoms with E-state index >= 15 is 0 Å². The van der Waals surface area contributed by atoms with Crippen LogP contribution in [-0.2, 0) is 6.42 Å². The lowest BCUT2D eigenvalue weighted by molar-refractivity contribution is 0.0693. The van der Waals surface area contributed by atoms with Gasteiger partial charge in [-0.3, -0.25) is 0 Å². The van der Waals surface area contributed by atoms with E-state index in [4.69, 9.17) is 0 Å². The summed E-state index contributed by atoms with van der Waals surface area (Å²) in [7, 11) is 0. The van der Waals surface area contributed by atoms with E-state index in [-0.39, 0.29) is 12.4 Å². The second kappa shape index (κ2) is 12.7. The van der Waals surface area contributed by atoms with Crippen LogP contribution in [0.5, 0.6) is 0 Å². The third-order valence-corrected chi connectivity index (χ3v) is 6.04. The molecule has 3 rings (SSSR count). The number of aromatic carboxylic acids is 1. The van der Waals surface area contributed by atoms with E-state index in [1.807, 2.05) is 42.5 Å². The molecule has 0 bridgehead atoms. The van der Waals surface area contributed by atoms with Gasteiger partial charge in [-0.2, -0.15) is 0 Å². The second-order valence-corrected chi connectivity index (χ2v) is 9.38. The maximum absolute atomic E-state index is 11.5. The largest absolute Gasteiger partial charge is 0.478 e. The molecule has 0 unspecified atom stereocenters. The van der Waals surface area contributed by atoms with E-state index in [2.05, 4.69) is 43.4 Å². The van der Waals surface area contributed by atoms with Crippen molar-refractivity contribution in [2.24, 2.45) is 0 Å². The first-order valence-corrected chi connectivity index (χ1v) is 11.4. The number of carboxylic acids is 1. The van der Waals surface area contributed by atoms with Gasteiger partial charge in [0.2, 0.25) is 0 Å². The molecule has 4 nitrogen and oxygen atoms in total. The number of hydrogen-bond acceptors (Lipinski definition) is 4. The third kappa shape index (κ3) is 7.38. The molecule has 0 aliphatic carbocycles. The van der Waals surface area contributed by atoms with Crippen LogP contribution in [0.2, 0.25) is 0 Å². The summed E-state index contributed by atoms with van der Waals surface area (Å²) in [6, 6.07) is 23.6. The molecule has 0 fully saturated rings. The highest BCUT2D eigenvalue weighted by Crippen LogP contribution is 2.31. The van der Waals surface area contributed by atoms with Crippen molar-refractivity contribution in [2.45, 2.75) is 36.5 Å². The van der Waals surface area contributed by atoms with E-state index in [1.54, 1.807) is 17.8 Å². The summed E-state index contributed by atoms with van der Waals surface area (Å²) in [6.07, 6.45) is 0.365. The highest BCUT2D eigenvalue weighted by Gasteiger charge is 2.13. The number of aliphatic hydroxyl groups is 1. The van der Waals surface area contributed by atoms with Crippen LogP contribution >= 0.6 is 24.2 Å². The maximum atomic E-state index is 11.5. The lowest BCUT2D eigenvalue weighted by atomic mass is 10.0. The zero-order valence-corrected chi connectivity index (χ0v) is 20.0. The number of hydrogen-bond donors (Lipinski definition) is 3.